The summed E-state index contributed by atoms with van der Waals surface area (Å²) in [5.74, 6) is 4.09. The first-order chi connectivity index (χ1) is 12.3. The highest BCUT2D eigenvalue weighted by Gasteiger charge is 2.24. The molecule has 2 aliphatic rings. The summed E-state index contributed by atoms with van der Waals surface area (Å²) >= 11 is 0. The molecule has 140 valence electrons. The van der Waals surface area contributed by atoms with E-state index in [9.17, 15) is 0 Å². The monoisotopic (exact) mass is 341 g/mol. The van der Waals surface area contributed by atoms with Gasteiger partial charge in [-0.3, -0.25) is 0 Å². The predicted molar refractivity (Wildman–Crippen MR) is 108 cm³/mol. The number of hydrogen-bond acceptors (Lipinski definition) is 1. The molecule has 0 unspecified atom stereocenters. The highest BCUT2D eigenvalue weighted by atomic mass is 14.3. The van der Waals surface area contributed by atoms with E-state index in [-0.39, 0.29) is 0 Å². The Balaban J connectivity index is 1.52. The van der Waals surface area contributed by atoms with Gasteiger partial charge in [0.1, 0.15) is 0 Å². The van der Waals surface area contributed by atoms with Gasteiger partial charge in [0.2, 0.25) is 0 Å². The second-order valence-electron chi connectivity index (χ2n) is 8.63. The van der Waals surface area contributed by atoms with Crippen LogP contribution in [0, 0.1) is 35.0 Å². The van der Waals surface area contributed by atoms with Crippen molar-refractivity contribution in [3.05, 3.63) is 24.3 Å². The average molecular weight is 342 g/mol. The van der Waals surface area contributed by atoms with Crippen LogP contribution in [-0.4, -0.2) is 0 Å². The number of nitrogens with zero attached hydrogens (tertiary/aromatic N) is 1. The molecule has 2 fully saturated rings. The summed E-state index contributed by atoms with van der Waals surface area (Å²) in [6.45, 7) is 2.34. The Hall–Kier alpha value is -1.03. The molecule has 1 nitrogen and oxygen atoms in total. The second kappa shape index (κ2) is 12.3. The van der Waals surface area contributed by atoms with E-state index < -0.39 is 0 Å². The molecular weight excluding hydrogens is 302 g/mol. The van der Waals surface area contributed by atoms with E-state index in [2.05, 4.69) is 13.0 Å². The quantitative estimate of drug-likeness (QED) is 0.313. The molecule has 0 heterocycles. The van der Waals surface area contributed by atoms with Crippen LogP contribution in [0.1, 0.15) is 96.8 Å². The molecule has 0 saturated heterocycles. The fourth-order valence-corrected chi connectivity index (χ4v) is 5.10. The molecule has 1 heteroatoms. The van der Waals surface area contributed by atoms with Crippen LogP contribution in [0.3, 0.4) is 0 Å². The van der Waals surface area contributed by atoms with E-state index >= 15 is 0 Å². The van der Waals surface area contributed by atoms with Crippen molar-refractivity contribution in [3.63, 3.8) is 0 Å². The third-order valence-corrected chi connectivity index (χ3v) is 6.77. The maximum absolute atomic E-state index is 8.44. The Morgan fingerprint density at radius 2 is 1.20 bits per heavy atom. The average Bonchev–Trinajstić information content (AvgIpc) is 2.65. The third kappa shape index (κ3) is 8.26. The smallest absolute Gasteiger partial charge is 0.0912 e. The van der Waals surface area contributed by atoms with Crippen molar-refractivity contribution in [2.45, 2.75) is 96.8 Å². The molecule has 0 atom stereocenters. The summed E-state index contributed by atoms with van der Waals surface area (Å²) in [6, 6.07) is 2.02. The fourth-order valence-electron chi connectivity index (χ4n) is 5.10. The van der Waals surface area contributed by atoms with E-state index in [1.54, 1.807) is 0 Å². The summed E-state index contributed by atoms with van der Waals surface area (Å²) in [5.41, 5.74) is 0. The van der Waals surface area contributed by atoms with Crippen LogP contribution in [0.5, 0.6) is 0 Å². The molecule has 2 aliphatic carbocycles. The molecule has 0 aromatic rings. The van der Waals surface area contributed by atoms with E-state index in [0.717, 1.165) is 23.7 Å². The van der Waals surface area contributed by atoms with E-state index in [0.29, 0.717) is 0 Å². The molecule has 0 aliphatic heterocycles. The van der Waals surface area contributed by atoms with Crippen molar-refractivity contribution in [1.82, 2.24) is 0 Å². The molecule has 2 saturated carbocycles. The van der Waals surface area contributed by atoms with Crippen molar-refractivity contribution in [3.8, 4) is 6.07 Å². The molecule has 0 aromatic carbocycles. The summed E-state index contributed by atoms with van der Waals surface area (Å²) < 4.78 is 0. The maximum atomic E-state index is 8.44. The normalized spacial score (nSPS) is 30.7. The highest BCUT2D eigenvalue weighted by molar-refractivity contribution is 5.11. The van der Waals surface area contributed by atoms with Gasteiger partial charge in [0.05, 0.1) is 6.07 Å². The second-order valence-corrected chi connectivity index (χ2v) is 8.63. The molecule has 25 heavy (non-hydrogen) atoms. The Morgan fingerprint density at radius 3 is 1.68 bits per heavy atom. The SMILES string of the molecule is CCCC1CCC(CCC2CCC(CCC=CC=CC#N)CC2)CC1. The van der Waals surface area contributed by atoms with Gasteiger partial charge in [-0.15, -0.1) is 0 Å². The lowest BCUT2D eigenvalue weighted by atomic mass is 9.74. The van der Waals surface area contributed by atoms with Crippen molar-refractivity contribution in [1.29, 1.82) is 5.26 Å². The lowest BCUT2D eigenvalue weighted by molar-refractivity contribution is 0.210. The topological polar surface area (TPSA) is 23.8 Å². The lowest BCUT2D eigenvalue weighted by Gasteiger charge is -2.32. The van der Waals surface area contributed by atoms with Crippen LogP contribution >= 0.6 is 0 Å². The van der Waals surface area contributed by atoms with Crippen LogP contribution in [0.25, 0.3) is 0 Å². The molecule has 0 amide bonds. The summed E-state index contributed by atoms with van der Waals surface area (Å²) in [4.78, 5) is 0. The third-order valence-electron chi connectivity index (χ3n) is 6.77. The van der Waals surface area contributed by atoms with Crippen molar-refractivity contribution >= 4 is 0 Å². The van der Waals surface area contributed by atoms with Crippen LogP contribution in [0.15, 0.2) is 24.3 Å². The molecular formula is C24H39N. The van der Waals surface area contributed by atoms with E-state index in [1.165, 1.54) is 96.0 Å². The molecule has 0 N–H and O–H groups in total. The van der Waals surface area contributed by atoms with Gasteiger partial charge in [-0.1, -0.05) is 102 Å². The number of rotatable bonds is 9. The zero-order valence-electron chi connectivity index (χ0n) is 16.5. The van der Waals surface area contributed by atoms with Gasteiger partial charge in [-0.2, -0.15) is 5.26 Å². The minimum Gasteiger partial charge on any atom is -0.193 e. The van der Waals surface area contributed by atoms with Crippen LogP contribution < -0.4 is 0 Å². The first-order valence-corrected chi connectivity index (χ1v) is 11.0. The Bertz CT molecular complexity index is 426. The molecule has 0 bridgehead atoms. The summed E-state index contributed by atoms with van der Waals surface area (Å²) in [7, 11) is 0. The Labute approximate surface area is 156 Å². The Kier molecular flexibility index (Phi) is 10.0. The van der Waals surface area contributed by atoms with Crippen molar-refractivity contribution in [2.75, 3.05) is 0 Å². The van der Waals surface area contributed by atoms with Gasteiger partial charge in [0, 0.05) is 6.08 Å². The van der Waals surface area contributed by atoms with Gasteiger partial charge in [0.15, 0.2) is 0 Å². The van der Waals surface area contributed by atoms with Crippen LogP contribution in [0.2, 0.25) is 0 Å². The number of nitriles is 1. The van der Waals surface area contributed by atoms with E-state index in [1.807, 2.05) is 18.2 Å². The molecule has 0 spiro atoms. The zero-order chi connectivity index (χ0) is 17.7. The highest BCUT2D eigenvalue weighted by Crippen LogP contribution is 2.38. The van der Waals surface area contributed by atoms with Crippen molar-refractivity contribution < 1.29 is 0 Å². The standard InChI is InChI=1S/C24H39N/c1-2-8-21-10-14-23(15-11-21)18-19-24-16-12-22(13-17-24)9-6-4-3-5-7-20-25/h3-5,7,21-24H,2,6,8-19H2,1H3. The summed E-state index contributed by atoms with van der Waals surface area (Å²) in [5, 5.41) is 8.44. The predicted octanol–water partition coefficient (Wildman–Crippen LogP) is 7.60. The van der Waals surface area contributed by atoms with Gasteiger partial charge in [-0.05, 0) is 36.5 Å². The van der Waals surface area contributed by atoms with Gasteiger partial charge in [-0.25, -0.2) is 0 Å². The molecule has 2 rings (SSSR count). The van der Waals surface area contributed by atoms with Gasteiger partial charge in [0.25, 0.3) is 0 Å². The van der Waals surface area contributed by atoms with Crippen LogP contribution in [0.4, 0.5) is 0 Å². The lowest BCUT2D eigenvalue weighted by Crippen LogP contribution is -2.18. The summed E-state index contributed by atoms with van der Waals surface area (Å²) in [6.07, 6.45) is 27.9. The Morgan fingerprint density at radius 1 is 0.720 bits per heavy atom. The minimum atomic E-state index is 0.949. The minimum absolute atomic E-state index is 0.949. The first-order valence-electron chi connectivity index (χ1n) is 11.0. The largest absolute Gasteiger partial charge is 0.193 e. The van der Waals surface area contributed by atoms with E-state index in [4.69, 9.17) is 5.26 Å². The maximum Gasteiger partial charge on any atom is 0.0912 e. The molecule has 0 radical (unpaired) electrons. The number of allylic oxidation sites excluding steroid dienone is 4. The van der Waals surface area contributed by atoms with Crippen LogP contribution in [-0.2, 0) is 0 Å². The first kappa shape index (κ1) is 20.3. The molecule has 0 aromatic heterocycles. The number of hydrogen-bond donors (Lipinski definition) is 0. The van der Waals surface area contributed by atoms with Crippen molar-refractivity contribution in [2.24, 2.45) is 23.7 Å². The zero-order valence-corrected chi connectivity index (χ0v) is 16.5. The van der Waals surface area contributed by atoms with Gasteiger partial charge >= 0.3 is 0 Å². The van der Waals surface area contributed by atoms with Gasteiger partial charge < -0.3 is 0 Å². The fraction of sp³-hybridized carbons (Fsp3) is 0.792.